The van der Waals surface area contributed by atoms with E-state index in [0.717, 1.165) is 27.6 Å². The van der Waals surface area contributed by atoms with Gasteiger partial charge in [-0.05, 0) is 37.3 Å². The summed E-state index contributed by atoms with van der Waals surface area (Å²) < 4.78 is 0. The molecule has 3 aromatic rings. The number of aryl methyl sites for hydroxylation is 1. The molecule has 0 aliphatic carbocycles. The maximum absolute atomic E-state index is 13.1. The number of hydrazone groups is 1. The van der Waals surface area contributed by atoms with Crippen LogP contribution in [0.15, 0.2) is 65.8 Å². The minimum absolute atomic E-state index is 0.0113. The van der Waals surface area contributed by atoms with Gasteiger partial charge in [-0.2, -0.15) is 10.1 Å². The van der Waals surface area contributed by atoms with E-state index in [1.165, 1.54) is 6.07 Å². The van der Waals surface area contributed by atoms with Gasteiger partial charge in [0.25, 0.3) is 5.91 Å². The monoisotopic (exact) mass is 470 g/mol. The predicted octanol–water partition coefficient (Wildman–Crippen LogP) is 4.51. The van der Waals surface area contributed by atoms with Crippen molar-refractivity contribution in [3.8, 4) is 0 Å². The molecule has 32 heavy (non-hydrogen) atoms. The average Bonchev–Trinajstić information content (AvgIpc) is 3.39. The molecular formula is C22H19ClN4O4S. The zero-order valence-corrected chi connectivity index (χ0v) is 18.6. The fraction of sp³-hybridized carbons (Fsp3) is 0.182. The number of carbonyl (C=O) groups excluding carboxylic acids is 1. The Morgan fingerprint density at radius 3 is 2.53 bits per heavy atom. The fourth-order valence-corrected chi connectivity index (χ4v) is 4.32. The molecule has 8 nitrogen and oxygen atoms in total. The van der Waals surface area contributed by atoms with E-state index in [4.69, 9.17) is 11.6 Å². The van der Waals surface area contributed by atoms with Crippen LogP contribution in [0.3, 0.4) is 0 Å². The molecule has 10 heteroatoms. The van der Waals surface area contributed by atoms with Crippen LogP contribution in [0.25, 0.3) is 0 Å². The SMILES string of the molecule is Cc1ccc(NCC(=O)N2N=C(c3ccc([N+](=O)[O-])s3)CC2(O)c2ccc(Cl)cc2)cc1. The second-order valence-electron chi connectivity index (χ2n) is 7.37. The van der Waals surface area contributed by atoms with Crippen molar-refractivity contribution < 1.29 is 14.8 Å². The summed E-state index contributed by atoms with van der Waals surface area (Å²) in [6.45, 7) is 1.87. The summed E-state index contributed by atoms with van der Waals surface area (Å²) in [7, 11) is 0. The molecule has 1 amide bonds. The summed E-state index contributed by atoms with van der Waals surface area (Å²) in [4.78, 5) is 24.2. The molecule has 2 heterocycles. The molecule has 164 valence electrons. The van der Waals surface area contributed by atoms with Crippen molar-refractivity contribution in [1.82, 2.24) is 5.01 Å². The zero-order chi connectivity index (χ0) is 22.9. The number of nitrogens with zero attached hydrogens (tertiary/aromatic N) is 3. The van der Waals surface area contributed by atoms with Crippen molar-refractivity contribution >= 4 is 45.2 Å². The first-order chi connectivity index (χ1) is 15.3. The van der Waals surface area contributed by atoms with Crippen LogP contribution in [0.1, 0.15) is 22.4 Å². The lowest BCUT2D eigenvalue weighted by atomic mass is 9.97. The van der Waals surface area contributed by atoms with E-state index in [0.29, 0.717) is 21.2 Å². The second-order valence-corrected chi connectivity index (χ2v) is 8.87. The summed E-state index contributed by atoms with van der Waals surface area (Å²) in [5.41, 5.74) is 0.943. The van der Waals surface area contributed by atoms with E-state index < -0.39 is 16.6 Å². The Labute approximate surface area is 192 Å². The van der Waals surface area contributed by atoms with Gasteiger partial charge in [-0.15, -0.1) is 0 Å². The molecule has 1 atom stereocenters. The number of carbonyl (C=O) groups is 1. The number of anilines is 1. The number of hydrogen-bond donors (Lipinski definition) is 2. The summed E-state index contributed by atoms with van der Waals surface area (Å²) >= 11 is 6.93. The van der Waals surface area contributed by atoms with E-state index in [2.05, 4.69) is 10.4 Å². The molecule has 0 radical (unpaired) electrons. The van der Waals surface area contributed by atoms with Crippen molar-refractivity contribution in [3.63, 3.8) is 0 Å². The highest BCUT2D eigenvalue weighted by molar-refractivity contribution is 7.17. The van der Waals surface area contributed by atoms with Crippen LogP contribution in [0, 0.1) is 17.0 Å². The van der Waals surface area contributed by atoms with E-state index >= 15 is 0 Å². The van der Waals surface area contributed by atoms with Crippen LogP contribution in [0.2, 0.25) is 5.02 Å². The Hall–Kier alpha value is -3.27. The van der Waals surface area contributed by atoms with Crippen LogP contribution in [-0.4, -0.2) is 33.2 Å². The minimum Gasteiger partial charge on any atom is -0.376 e. The topological polar surface area (TPSA) is 108 Å². The normalized spacial score (nSPS) is 17.8. The van der Waals surface area contributed by atoms with Gasteiger partial charge in [0.1, 0.15) is 0 Å². The highest BCUT2D eigenvalue weighted by Gasteiger charge is 2.46. The molecule has 4 rings (SSSR count). The third kappa shape index (κ3) is 4.36. The zero-order valence-electron chi connectivity index (χ0n) is 17.0. The number of thiophene rings is 1. The fourth-order valence-electron chi connectivity index (χ4n) is 3.39. The lowest BCUT2D eigenvalue weighted by Gasteiger charge is -2.31. The number of hydrogen-bond acceptors (Lipinski definition) is 7. The molecule has 1 aromatic heterocycles. The Morgan fingerprint density at radius 2 is 1.91 bits per heavy atom. The van der Waals surface area contributed by atoms with Gasteiger partial charge in [0.05, 0.1) is 22.1 Å². The third-order valence-electron chi connectivity index (χ3n) is 5.08. The number of nitro groups is 1. The number of rotatable bonds is 6. The van der Waals surface area contributed by atoms with Gasteiger partial charge in [0.2, 0.25) is 0 Å². The molecule has 1 aliphatic rings. The average molecular weight is 471 g/mol. The highest BCUT2D eigenvalue weighted by Crippen LogP contribution is 2.39. The summed E-state index contributed by atoms with van der Waals surface area (Å²) in [5, 5.41) is 31.5. The second kappa shape index (κ2) is 8.70. The first kappa shape index (κ1) is 21.9. The van der Waals surface area contributed by atoms with Gasteiger partial charge in [0, 0.05) is 28.8 Å². The van der Waals surface area contributed by atoms with E-state index in [9.17, 15) is 20.0 Å². The molecule has 0 saturated heterocycles. The van der Waals surface area contributed by atoms with Crippen LogP contribution >= 0.6 is 22.9 Å². The summed E-state index contributed by atoms with van der Waals surface area (Å²) in [6, 6.07) is 17.0. The van der Waals surface area contributed by atoms with E-state index in [1.54, 1.807) is 30.3 Å². The van der Waals surface area contributed by atoms with Crippen LogP contribution < -0.4 is 5.32 Å². The Morgan fingerprint density at radius 1 is 1.22 bits per heavy atom. The van der Waals surface area contributed by atoms with E-state index in [-0.39, 0.29) is 18.0 Å². The predicted molar refractivity (Wildman–Crippen MR) is 124 cm³/mol. The molecule has 1 unspecified atom stereocenters. The summed E-state index contributed by atoms with van der Waals surface area (Å²) in [5.74, 6) is -0.455. The number of amides is 1. The first-order valence-electron chi connectivity index (χ1n) is 9.70. The standard InChI is InChI=1S/C22H19ClN4O4S/c1-14-2-8-17(9-3-14)24-13-20(28)26-22(29,15-4-6-16(23)7-5-15)12-18(25-26)19-10-11-21(32-19)27(30)31/h2-11,24,29H,12-13H2,1H3. The molecular weight excluding hydrogens is 452 g/mol. The van der Waals surface area contributed by atoms with Gasteiger partial charge < -0.3 is 10.4 Å². The van der Waals surface area contributed by atoms with Gasteiger partial charge in [-0.25, -0.2) is 0 Å². The molecule has 0 saturated carbocycles. The van der Waals surface area contributed by atoms with Crippen molar-refractivity contribution in [2.75, 3.05) is 11.9 Å². The van der Waals surface area contributed by atoms with Crippen LogP contribution in [0.5, 0.6) is 0 Å². The van der Waals surface area contributed by atoms with Crippen molar-refractivity contribution in [2.24, 2.45) is 5.10 Å². The van der Waals surface area contributed by atoms with Crippen molar-refractivity contribution in [2.45, 2.75) is 19.1 Å². The summed E-state index contributed by atoms with van der Waals surface area (Å²) in [6.07, 6.45) is -0.0113. The first-order valence-corrected chi connectivity index (χ1v) is 10.9. The number of benzene rings is 2. The third-order valence-corrected chi connectivity index (χ3v) is 6.42. The molecule has 0 bridgehead atoms. The Bertz CT molecular complexity index is 1190. The molecule has 0 fully saturated rings. The molecule has 0 spiro atoms. The Kier molecular flexibility index (Phi) is 5.96. The lowest BCUT2D eigenvalue weighted by Crippen LogP contribution is -2.45. The quantitative estimate of drug-likeness (QED) is 0.407. The van der Waals surface area contributed by atoms with Gasteiger partial charge >= 0.3 is 5.00 Å². The van der Waals surface area contributed by atoms with Crippen molar-refractivity contribution in [3.05, 3.63) is 91.8 Å². The molecule has 2 aromatic carbocycles. The highest BCUT2D eigenvalue weighted by atomic mass is 35.5. The number of aliphatic hydroxyl groups is 1. The largest absolute Gasteiger partial charge is 0.376 e. The van der Waals surface area contributed by atoms with Crippen LogP contribution in [0.4, 0.5) is 10.7 Å². The number of nitrogens with one attached hydrogen (secondary N) is 1. The minimum atomic E-state index is -1.75. The van der Waals surface area contributed by atoms with Gasteiger partial charge in [-0.3, -0.25) is 14.9 Å². The van der Waals surface area contributed by atoms with Crippen molar-refractivity contribution in [1.29, 1.82) is 0 Å². The molecule has 2 N–H and O–H groups in total. The van der Waals surface area contributed by atoms with E-state index in [1.807, 2.05) is 31.2 Å². The maximum atomic E-state index is 13.1. The smallest absolute Gasteiger partial charge is 0.324 e. The molecule has 1 aliphatic heterocycles. The Balaban J connectivity index is 1.63. The lowest BCUT2D eigenvalue weighted by molar-refractivity contribution is -0.380. The number of halogens is 1. The maximum Gasteiger partial charge on any atom is 0.324 e. The van der Waals surface area contributed by atoms with Gasteiger partial charge in [0.15, 0.2) is 5.72 Å². The van der Waals surface area contributed by atoms with Gasteiger partial charge in [-0.1, -0.05) is 52.8 Å². The van der Waals surface area contributed by atoms with Crippen LogP contribution in [-0.2, 0) is 10.5 Å².